The summed E-state index contributed by atoms with van der Waals surface area (Å²) in [5, 5.41) is 4.30. The highest BCUT2D eigenvalue weighted by atomic mass is 16.2. The van der Waals surface area contributed by atoms with Gasteiger partial charge in [-0.15, -0.1) is 0 Å². The molecule has 0 aromatic heterocycles. The monoisotopic (exact) mass is 238 g/mol. The summed E-state index contributed by atoms with van der Waals surface area (Å²) < 4.78 is 0. The smallest absolute Gasteiger partial charge is 0.277 e. The first-order valence-corrected chi connectivity index (χ1v) is 5.78. The van der Waals surface area contributed by atoms with Crippen molar-refractivity contribution in [2.45, 2.75) is 33.6 Å². The van der Waals surface area contributed by atoms with E-state index >= 15 is 0 Å². The zero-order chi connectivity index (χ0) is 13.1. The van der Waals surface area contributed by atoms with Gasteiger partial charge in [-0.05, 0) is 12.3 Å². The maximum atomic E-state index is 11.9. The third-order valence-electron chi connectivity index (χ3n) is 2.67. The van der Waals surface area contributed by atoms with Crippen LogP contribution in [0.2, 0.25) is 0 Å². The van der Waals surface area contributed by atoms with Crippen LogP contribution in [0.5, 0.6) is 0 Å². The van der Waals surface area contributed by atoms with Gasteiger partial charge in [0.05, 0.1) is 0 Å². The summed E-state index contributed by atoms with van der Waals surface area (Å²) in [7, 11) is 0. The highest BCUT2D eigenvalue weighted by Gasteiger charge is 2.47. The second-order valence-electron chi connectivity index (χ2n) is 4.56. The lowest BCUT2D eigenvalue weighted by Crippen LogP contribution is -2.61. The SMILES string of the molecule is CCCC1(/C=C/C(C)C)C(=O)NC(=O)NC1=O. The number of barbiturate groups is 1. The van der Waals surface area contributed by atoms with Crippen molar-refractivity contribution in [1.29, 1.82) is 0 Å². The van der Waals surface area contributed by atoms with Gasteiger partial charge in [-0.1, -0.05) is 39.3 Å². The number of allylic oxidation sites excluding steroid dienone is 1. The van der Waals surface area contributed by atoms with Crippen LogP contribution in [0.15, 0.2) is 12.2 Å². The highest BCUT2D eigenvalue weighted by molar-refractivity contribution is 6.20. The first-order chi connectivity index (χ1) is 7.92. The maximum absolute atomic E-state index is 11.9. The number of hydrogen-bond donors (Lipinski definition) is 2. The van der Waals surface area contributed by atoms with Gasteiger partial charge in [-0.2, -0.15) is 0 Å². The fraction of sp³-hybridized carbons (Fsp3) is 0.583. The average Bonchev–Trinajstić information content (AvgIpc) is 2.21. The minimum atomic E-state index is -1.24. The zero-order valence-electron chi connectivity index (χ0n) is 10.4. The molecule has 94 valence electrons. The second kappa shape index (κ2) is 5.12. The molecule has 1 heterocycles. The standard InChI is InChI=1S/C12H18N2O3/c1-4-6-12(7-5-8(2)3)9(15)13-11(17)14-10(12)16/h5,7-8H,4,6H2,1-3H3,(H2,13,14,15,16,17)/b7-5+. The number of urea groups is 1. The lowest BCUT2D eigenvalue weighted by Gasteiger charge is -2.31. The molecule has 1 rings (SSSR count). The van der Waals surface area contributed by atoms with Gasteiger partial charge in [-0.25, -0.2) is 4.79 Å². The van der Waals surface area contributed by atoms with Gasteiger partial charge >= 0.3 is 6.03 Å². The minimum absolute atomic E-state index is 0.238. The summed E-state index contributed by atoms with van der Waals surface area (Å²) in [5.74, 6) is -0.836. The van der Waals surface area contributed by atoms with Crippen LogP contribution >= 0.6 is 0 Å². The van der Waals surface area contributed by atoms with Crippen LogP contribution in [0.4, 0.5) is 4.79 Å². The van der Waals surface area contributed by atoms with Crippen LogP contribution in [0.3, 0.4) is 0 Å². The summed E-state index contributed by atoms with van der Waals surface area (Å²) in [6, 6.07) is -0.746. The molecule has 0 saturated carbocycles. The van der Waals surface area contributed by atoms with Gasteiger partial charge in [0.15, 0.2) is 0 Å². The lowest BCUT2D eigenvalue weighted by molar-refractivity contribution is -0.141. The van der Waals surface area contributed by atoms with Crippen LogP contribution in [-0.2, 0) is 9.59 Å². The van der Waals surface area contributed by atoms with E-state index in [-0.39, 0.29) is 5.92 Å². The molecule has 0 spiro atoms. The summed E-state index contributed by atoms with van der Waals surface area (Å²) >= 11 is 0. The molecule has 0 aromatic rings. The zero-order valence-corrected chi connectivity index (χ0v) is 10.4. The average molecular weight is 238 g/mol. The molecule has 0 aliphatic carbocycles. The molecule has 0 radical (unpaired) electrons. The quantitative estimate of drug-likeness (QED) is 0.573. The van der Waals surface area contributed by atoms with Gasteiger partial charge in [0, 0.05) is 0 Å². The van der Waals surface area contributed by atoms with Crippen LogP contribution in [-0.4, -0.2) is 17.8 Å². The maximum Gasteiger partial charge on any atom is 0.328 e. The number of nitrogens with one attached hydrogen (secondary N) is 2. The number of carbonyl (C=O) groups excluding carboxylic acids is 3. The summed E-state index contributed by atoms with van der Waals surface area (Å²) in [6.45, 7) is 5.81. The van der Waals surface area contributed by atoms with Crippen molar-refractivity contribution in [2.75, 3.05) is 0 Å². The van der Waals surface area contributed by atoms with Gasteiger partial charge < -0.3 is 0 Å². The van der Waals surface area contributed by atoms with Crippen molar-refractivity contribution in [1.82, 2.24) is 10.6 Å². The largest absolute Gasteiger partial charge is 0.328 e. The van der Waals surface area contributed by atoms with Crippen molar-refractivity contribution in [3.05, 3.63) is 12.2 Å². The number of rotatable bonds is 4. The number of amides is 4. The summed E-state index contributed by atoms with van der Waals surface area (Å²) in [4.78, 5) is 34.8. The van der Waals surface area contributed by atoms with E-state index in [1.807, 2.05) is 26.8 Å². The second-order valence-corrected chi connectivity index (χ2v) is 4.56. The van der Waals surface area contributed by atoms with Gasteiger partial charge in [0.2, 0.25) is 11.8 Å². The van der Waals surface area contributed by atoms with E-state index in [1.165, 1.54) is 0 Å². The van der Waals surface area contributed by atoms with Gasteiger partial charge in [-0.3, -0.25) is 20.2 Å². The molecule has 0 bridgehead atoms. The normalized spacial score (nSPS) is 19.6. The first kappa shape index (κ1) is 13.4. The molecule has 0 unspecified atom stereocenters. The topological polar surface area (TPSA) is 75.3 Å². The van der Waals surface area contributed by atoms with Crippen LogP contribution in [0, 0.1) is 11.3 Å². The Kier molecular flexibility index (Phi) is 4.04. The molecule has 0 aromatic carbocycles. The van der Waals surface area contributed by atoms with Crippen molar-refractivity contribution < 1.29 is 14.4 Å². The fourth-order valence-corrected chi connectivity index (χ4v) is 1.78. The molecule has 1 aliphatic rings. The van der Waals surface area contributed by atoms with E-state index in [2.05, 4.69) is 10.6 Å². The Bertz CT molecular complexity index is 352. The molecular weight excluding hydrogens is 220 g/mol. The van der Waals surface area contributed by atoms with Crippen LogP contribution < -0.4 is 10.6 Å². The number of imide groups is 2. The Balaban J connectivity index is 3.08. The van der Waals surface area contributed by atoms with Gasteiger partial charge in [0.25, 0.3) is 0 Å². The molecular formula is C12H18N2O3. The molecule has 1 saturated heterocycles. The van der Waals surface area contributed by atoms with Crippen molar-refractivity contribution in [3.8, 4) is 0 Å². The van der Waals surface area contributed by atoms with E-state index < -0.39 is 23.3 Å². The minimum Gasteiger partial charge on any atom is -0.277 e. The molecule has 2 N–H and O–H groups in total. The Hall–Kier alpha value is -1.65. The Labute approximate surface area is 101 Å². The predicted octanol–water partition coefficient (Wildman–Crippen LogP) is 1.35. The Morgan fingerprint density at radius 1 is 1.18 bits per heavy atom. The van der Waals surface area contributed by atoms with E-state index in [0.29, 0.717) is 12.8 Å². The van der Waals surface area contributed by atoms with E-state index in [1.54, 1.807) is 6.08 Å². The van der Waals surface area contributed by atoms with E-state index in [4.69, 9.17) is 0 Å². The van der Waals surface area contributed by atoms with Crippen LogP contribution in [0.1, 0.15) is 33.6 Å². The van der Waals surface area contributed by atoms with Gasteiger partial charge in [0.1, 0.15) is 5.41 Å². The molecule has 5 heteroatoms. The number of carbonyl (C=O) groups is 3. The van der Waals surface area contributed by atoms with E-state index in [0.717, 1.165) is 0 Å². The first-order valence-electron chi connectivity index (χ1n) is 5.78. The van der Waals surface area contributed by atoms with Crippen molar-refractivity contribution >= 4 is 17.8 Å². The molecule has 0 atom stereocenters. The molecule has 1 aliphatic heterocycles. The number of hydrogen-bond acceptors (Lipinski definition) is 3. The predicted molar refractivity (Wildman–Crippen MR) is 63.0 cm³/mol. The molecule has 5 nitrogen and oxygen atoms in total. The summed E-state index contributed by atoms with van der Waals surface area (Å²) in [5.41, 5.74) is -1.24. The van der Waals surface area contributed by atoms with Crippen molar-refractivity contribution in [3.63, 3.8) is 0 Å². The molecule has 1 fully saturated rings. The third kappa shape index (κ3) is 2.72. The Morgan fingerprint density at radius 3 is 2.12 bits per heavy atom. The molecule has 4 amide bonds. The highest BCUT2D eigenvalue weighted by Crippen LogP contribution is 2.29. The molecule has 17 heavy (non-hydrogen) atoms. The van der Waals surface area contributed by atoms with Crippen molar-refractivity contribution in [2.24, 2.45) is 11.3 Å². The Morgan fingerprint density at radius 2 is 1.71 bits per heavy atom. The van der Waals surface area contributed by atoms with E-state index in [9.17, 15) is 14.4 Å². The van der Waals surface area contributed by atoms with Crippen LogP contribution in [0.25, 0.3) is 0 Å². The lowest BCUT2D eigenvalue weighted by atomic mass is 9.79. The summed E-state index contributed by atoms with van der Waals surface area (Å²) in [6.07, 6.45) is 4.49. The third-order valence-corrected chi connectivity index (χ3v) is 2.67. The fourth-order valence-electron chi connectivity index (χ4n) is 1.78.